The van der Waals surface area contributed by atoms with Gasteiger partial charge in [0.25, 0.3) is 15.0 Å². The molecule has 2 rings (SSSR count). The minimum atomic E-state index is -3.82. The van der Waals surface area contributed by atoms with Crippen molar-refractivity contribution in [2.75, 3.05) is 20.2 Å². The highest BCUT2D eigenvalue weighted by atomic mass is 35.7. The van der Waals surface area contributed by atoms with E-state index in [1.165, 1.54) is 16.8 Å². The summed E-state index contributed by atoms with van der Waals surface area (Å²) in [5.41, 5.74) is 0.302. The maximum Gasteiger partial charge on any atom is 0.270 e. The van der Waals surface area contributed by atoms with Crippen molar-refractivity contribution in [3.05, 3.63) is 18.0 Å². The second-order valence-corrected chi connectivity index (χ2v) is 7.07. The Bertz CT molecular complexity index is 596. The van der Waals surface area contributed by atoms with Crippen LogP contribution in [0.2, 0.25) is 0 Å². The number of halogens is 1. The normalized spacial score (nSPS) is 19.9. The summed E-state index contributed by atoms with van der Waals surface area (Å²) in [4.78, 5) is 13.9. The first-order valence-corrected chi connectivity index (χ1v) is 8.07. The molecule has 0 N–H and O–H groups in total. The molecule has 1 atom stereocenters. The van der Waals surface area contributed by atoms with E-state index >= 15 is 0 Å². The summed E-state index contributed by atoms with van der Waals surface area (Å²) in [7, 11) is 4.67. The quantitative estimate of drug-likeness (QED) is 0.775. The third-order valence-corrected chi connectivity index (χ3v) is 4.57. The average Bonchev–Trinajstić information content (AvgIpc) is 2.93. The molecule has 0 aromatic carbocycles. The van der Waals surface area contributed by atoms with Crippen LogP contribution in [0.5, 0.6) is 0 Å². The van der Waals surface area contributed by atoms with Crippen molar-refractivity contribution in [3.63, 3.8) is 0 Å². The third kappa shape index (κ3) is 2.93. The largest absolute Gasteiger partial charge is 0.380 e. The number of methoxy groups -OCH3 is 1. The minimum Gasteiger partial charge on any atom is -0.380 e. The van der Waals surface area contributed by atoms with Crippen LogP contribution in [0.4, 0.5) is 0 Å². The van der Waals surface area contributed by atoms with Gasteiger partial charge in [-0.05, 0) is 12.5 Å². The standard InChI is InChI=1S/C11H15ClN2O4S/c1-13-7-9(19(12,16)17)5-10(13)11(15)14-4-3-8(6-14)18-2/h5,7-8H,3-4,6H2,1-2H3. The first kappa shape index (κ1) is 14.4. The maximum atomic E-state index is 12.3. The second-order valence-electron chi connectivity index (χ2n) is 4.51. The van der Waals surface area contributed by atoms with Gasteiger partial charge in [-0.2, -0.15) is 0 Å². The number of hydrogen-bond acceptors (Lipinski definition) is 4. The summed E-state index contributed by atoms with van der Waals surface area (Å²) < 4.78 is 29.2. The monoisotopic (exact) mass is 306 g/mol. The van der Waals surface area contributed by atoms with E-state index in [1.54, 1.807) is 19.1 Å². The highest BCUT2D eigenvalue weighted by molar-refractivity contribution is 8.13. The Labute approximate surface area is 116 Å². The summed E-state index contributed by atoms with van der Waals surface area (Å²) in [6.07, 6.45) is 2.16. The van der Waals surface area contributed by atoms with Gasteiger partial charge in [0.1, 0.15) is 10.6 Å². The summed E-state index contributed by atoms with van der Waals surface area (Å²) in [6, 6.07) is 1.30. The predicted molar refractivity (Wildman–Crippen MR) is 69.8 cm³/mol. The molecule has 1 saturated heterocycles. The zero-order valence-corrected chi connectivity index (χ0v) is 12.2. The van der Waals surface area contributed by atoms with Gasteiger partial charge in [-0.1, -0.05) is 0 Å². The molecule has 0 aliphatic carbocycles. The summed E-state index contributed by atoms with van der Waals surface area (Å²) in [5, 5.41) is 0. The van der Waals surface area contributed by atoms with Crippen LogP contribution >= 0.6 is 10.7 Å². The van der Waals surface area contributed by atoms with Crippen LogP contribution in [0.25, 0.3) is 0 Å². The van der Waals surface area contributed by atoms with Crippen molar-refractivity contribution in [1.29, 1.82) is 0 Å². The van der Waals surface area contributed by atoms with Crippen LogP contribution in [-0.2, 0) is 20.8 Å². The molecule has 1 aromatic rings. The molecular weight excluding hydrogens is 292 g/mol. The van der Waals surface area contributed by atoms with Gasteiger partial charge in [-0.25, -0.2) is 8.42 Å². The Hall–Kier alpha value is -1.05. The van der Waals surface area contributed by atoms with Gasteiger partial charge in [0.05, 0.1) is 6.10 Å². The number of carbonyl (C=O) groups is 1. The van der Waals surface area contributed by atoms with E-state index in [4.69, 9.17) is 15.4 Å². The molecule has 0 bridgehead atoms. The van der Waals surface area contributed by atoms with Crippen LogP contribution < -0.4 is 0 Å². The molecule has 19 heavy (non-hydrogen) atoms. The molecule has 1 fully saturated rings. The van der Waals surface area contributed by atoms with Crippen LogP contribution in [0, 0.1) is 0 Å². The number of carbonyl (C=O) groups excluding carboxylic acids is 1. The fourth-order valence-corrected chi connectivity index (χ4v) is 2.94. The van der Waals surface area contributed by atoms with Gasteiger partial charge < -0.3 is 14.2 Å². The highest BCUT2D eigenvalue weighted by Gasteiger charge is 2.29. The van der Waals surface area contributed by atoms with E-state index in [2.05, 4.69) is 0 Å². The number of amides is 1. The molecule has 106 valence electrons. The molecule has 1 aliphatic heterocycles. The molecule has 1 unspecified atom stereocenters. The Morgan fingerprint density at radius 2 is 2.21 bits per heavy atom. The van der Waals surface area contributed by atoms with Gasteiger partial charge in [-0.15, -0.1) is 0 Å². The average molecular weight is 307 g/mol. The predicted octanol–water partition coefficient (Wildman–Crippen LogP) is 0.814. The SMILES string of the molecule is COC1CCN(C(=O)c2cc(S(=O)(=O)Cl)cn2C)C1. The smallest absolute Gasteiger partial charge is 0.270 e. The lowest BCUT2D eigenvalue weighted by molar-refractivity contribution is 0.0715. The molecule has 1 amide bonds. The van der Waals surface area contributed by atoms with Crippen LogP contribution in [0.3, 0.4) is 0 Å². The number of aromatic nitrogens is 1. The molecular formula is C11H15ClN2O4S. The van der Waals surface area contributed by atoms with Gasteiger partial charge in [-0.3, -0.25) is 4.79 Å². The van der Waals surface area contributed by atoms with E-state index in [0.717, 1.165) is 6.42 Å². The lowest BCUT2D eigenvalue weighted by Gasteiger charge is -2.16. The van der Waals surface area contributed by atoms with Crippen molar-refractivity contribution in [1.82, 2.24) is 9.47 Å². The molecule has 2 heterocycles. The molecule has 1 aliphatic rings. The molecule has 0 radical (unpaired) electrons. The molecule has 0 saturated carbocycles. The number of nitrogens with zero attached hydrogens (tertiary/aromatic N) is 2. The Morgan fingerprint density at radius 1 is 1.53 bits per heavy atom. The van der Waals surface area contributed by atoms with E-state index < -0.39 is 9.05 Å². The summed E-state index contributed by atoms with van der Waals surface area (Å²) >= 11 is 0. The summed E-state index contributed by atoms with van der Waals surface area (Å²) in [5.74, 6) is -0.214. The van der Waals surface area contributed by atoms with E-state index in [0.29, 0.717) is 18.8 Å². The molecule has 0 spiro atoms. The van der Waals surface area contributed by atoms with E-state index in [1.807, 2.05) is 0 Å². The van der Waals surface area contributed by atoms with E-state index in [9.17, 15) is 13.2 Å². The Kier molecular flexibility index (Phi) is 3.89. The Morgan fingerprint density at radius 3 is 2.68 bits per heavy atom. The fraction of sp³-hybridized carbons (Fsp3) is 0.545. The summed E-state index contributed by atoms with van der Waals surface area (Å²) in [6.45, 7) is 1.12. The van der Waals surface area contributed by atoms with Gasteiger partial charge >= 0.3 is 0 Å². The van der Waals surface area contributed by atoms with Gasteiger partial charge in [0.2, 0.25) is 0 Å². The molecule has 1 aromatic heterocycles. The first-order valence-electron chi connectivity index (χ1n) is 5.76. The zero-order valence-electron chi connectivity index (χ0n) is 10.7. The lowest BCUT2D eigenvalue weighted by atomic mass is 10.3. The number of ether oxygens (including phenoxy) is 1. The molecule has 8 heteroatoms. The highest BCUT2D eigenvalue weighted by Crippen LogP contribution is 2.21. The number of rotatable bonds is 3. The van der Waals surface area contributed by atoms with Gasteiger partial charge in [0, 0.05) is 44.1 Å². The minimum absolute atomic E-state index is 0.0421. The van der Waals surface area contributed by atoms with E-state index in [-0.39, 0.29) is 16.9 Å². The maximum absolute atomic E-state index is 12.3. The second kappa shape index (κ2) is 5.15. The van der Waals surface area contributed by atoms with Crippen molar-refractivity contribution in [2.45, 2.75) is 17.4 Å². The number of hydrogen-bond donors (Lipinski definition) is 0. The van der Waals surface area contributed by atoms with Crippen molar-refractivity contribution < 1.29 is 17.9 Å². The zero-order chi connectivity index (χ0) is 14.2. The fourth-order valence-electron chi connectivity index (χ4n) is 2.15. The Balaban J connectivity index is 2.23. The number of likely N-dealkylation sites (tertiary alicyclic amines) is 1. The van der Waals surface area contributed by atoms with Gasteiger partial charge in [0.15, 0.2) is 0 Å². The van der Waals surface area contributed by atoms with Crippen molar-refractivity contribution in [2.24, 2.45) is 7.05 Å². The van der Waals surface area contributed by atoms with Crippen LogP contribution in [0.15, 0.2) is 17.2 Å². The first-order chi connectivity index (χ1) is 8.82. The third-order valence-electron chi connectivity index (χ3n) is 3.25. The molecule has 6 nitrogen and oxygen atoms in total. The van der Waals surface area contributed by atoms with Crippen LogP contribution in [-0.4, -0.2) is 50.1 Å². The van der Waals surface area contributed by atoms with Crippen molar-refractivity contribution in [3.8, 4) is 0 Å². The van der Waals surface area contributed by atoms with Crippen molar-refractivity contribution >= 4 is 25.6 Å². The van der Waals surface area contributed by atoms with Crippen LogP contribution in [0.1, 0.15) is 16.9 Å². The topological polar surface area (TPSA) is 68.6 Å². The number of aryl methyl sites for hydroxylation is 1. The lowest BCUT2D eigenvalue weighted by Crippen LogP contribution is -2.31.